The van der Waals surface area contributed by atoms with E-state index in [-0.39, 0.29) is 115 Å². The van der Waals surface area contributed by atoms with Gasteiger partial charge >= 0.3 is 0 Å². The molecule has 0 bridgehead atoms. The van der Waals surface area contributed by atoms with Crippen LogP contribution < -0.4 is 64.6 Å². The van der Waals surface area contributed by atoms with Crippen LogP contribution in [0.3, 0.4) is 0 Å². The summed E-state index contributed by atoms with van der Waals surface area (Å²) in [6.07, 6.45) is 3.19. The molecule has 0 spiro atoms. The third-order valence-electron chi connectivity index (χ3n) is 17.7. The lowest BCUT2D eigenvalue weighted by Crippen LogP contribution is -2.62. The van der Waals surface area contributed by atoms with E-state index in [9.17, 15) is 47.9 Å². The average molecular weight is 1340 g/mol. The molecular weight excluding hydrogens is 1230 g/mol. The molecule has 3 aliphatic heterocycles. The fourth-order valence-electron chi connectivity index (χ4n) is 12.5. The number of hydrogen-bond donors (Lipinski definition) is 12. The van der Waals surface area contributed by atoms with Crippen LogP contribution in [0.5, 0.6) is 0 Å². The Morgan fingerprint density at radius 2 is 0.667 bits per heavy atom. The molecule has 0 aromatic heterocycles. The maximum Gasteiger partial charge on any atom is 0.246 e. The zero-order chi connectivity index (χ0) is 70.8. The lowest BCUT2D eigenvalue weighted by Gasteiger charge is -2.32. The summed E-state index contributed by atoms with van der Waals surface area (Å²) in [5.41, 5.74) is 13.3. The van der Waals surface area contributed by atoms with E-state index in [1.54, 1.807) is 88.4 Å². The molecule has 3 heterocycles. The first kappa shape index (κ1) is 78.7. The first-order valence-corrected chi connectivity index (χ1v) is 34.8. The van der Waals surface area contributed by atoms with Crippen LogP contribution in [-0.4, -0.2) is 179 Å². The molecule has 96 heavy (non-hydrogen) atoms. The van der Waals surface area contributed by atoms with Crippen molar-refractivity contribution in [1.29, 1.82) is 0 Å². The molecule has 26 heteroatoms. The van der Waals surface area contributed by atoms with Crippen LogP contribution in [0.4, 0.5) is 0 Å². The molecule has 2 aromatic carbocycles. The number of rotatable bonds is 20. The smallest absolute Gasteiger partial charge is 0.246 e. The van der Waals surface area contributed by atoms with Crippen LogP contribution in [0.15, 0.2) is 60.7 Å². The molecule has 0 aliphatic carbocycles. The fraction of sp³-hybridized carbons (Fsp3) is 0.657. The summed E-state index contributed by atoms with van der Waals surface area (Å²) < 4.78 is 0. The van der Waals surface area contributed by atoms with E-state index in [0.29, 0.717) is 36.8 Å². The van der Waals surface area contributed by atoms with Gasteiger partial charge in [0.1, 0.15) is 72.5 Å². The summed E-state index contributed by atoms with van der Waals surface area (Å²) in [6, 6.07) is 3.37. The van der Waals surface area contributed by atoms with Gasteiger partial charge < -0.3 is 74.4 Å². The van der Waals surface area contributed by atoms with Crippen molar-refractivity contribution in [3.05, 3.63) is 71.8 Å². The minimum absolute atomic E-state index is 0.00465. The number of hydrogen-bond acceptors (Lipinski definition) is 14. The van der Waals surface area contributed by atoms with E-state index < -0.39 is 155 Å². The van der Waals surface area contributed by atoms with Gasteiger partial charge in [-0.3, -0.25) is 57.5 Å². The van der Waals surface area contributed by atoms with E-state index >= 15 is 9.59 Å². The number of carbonyl (C=O) groups excluding carboxylic acids is 12. The summed E-state index contributed by atoms with van der Waals surface area (Å²) in [5, 5.41) is 28.4. The predicted molar refractivity (Wildman–Crippen MR) is 364 cm³/mol. The van der Waals surface area contributed by atoms with Crippen LogP contribution in [-0.2, 0) is 70.4 Å². The van der Waals surface area contributed by atoms with Crippen molar-refractivity contribution in [3.8, 4) is 0 Å². The number of benzene rings is 2. The molecule has 3 fully saturated rings. The first-order chi connectivity index (χ1) is 45.7. The van der Waals surface area contributed by atoms with E-state index in [2.05, 4.69) is 53.2 Å². The Hall–Kier alpha value is -8.00. The van der Waals surface area contributed by atoms with Crippen LogP contribution >= 0.6 is 0 Å². The van der Waals surface area contributed by atoms with Gasteiger partial charge in [-0.2, -0.15) is 0 Å². The van der Waals surface area contributed by atoms with Crippen LogP contribution in [0.1, 0.15) is 170 Å². The monoisotopic (exact) mass is 1340 g/mol. The molecule has 12 amide bonds. The second kappa shape index (κ2) is 39.3. The molecule has 0 unspecified atom stereocenters. The number of fused-ring (bicyclic) bond motifs is 2. The van der Waals surface area contributed by atoms with Crippen LogP contribution in [0.25, 0.3) is 0 Å². The SMILES string of the molecule is CCC[C@H]1NC(=O)[C@@H]2CCCN2C(=O)[C@@H](Cc2ccccc2)NC(=O)[C@H](CC(C)C)NC(=O)[C@H](CCCN)NC(=O)[C@H](C(C)C)NC(=O)[C@@H](CCC)NC(=O)[C@@H]2CCCN2C(=O)[C@@H](Cc2ccccc2)NC(=O)[C@H](CC(C)C)NC(=O)[C@H](CCCN)NC(=O)[C@H](C(C)C)NC1=O. The van der Waals surface area contributed by atoms with Gasteiger partial charge in [0.15, 0.2) is 0 Å². The summed E-state index contributed by atoms with van der Waals surface area (Å²) in [6.45, 7) is 18.4. The number of nitrogens with one attached hydrogen (secondary N) is 10. The Balaban J connectivity index is 1.59. The van der Waals surface area contributed by atoms with E-state index in [1.807, 2.05) is 41.5 Å². The Kier molecular flexibility index (Phi) is 32.2. The Morgan fingerprint density at radius 3 is 0.979 bits per heavy atom. The summed E-state index contributed by atoms with van der Waals surface area (Å²) in [4.78, 5) is 179. The highest BCUT2D eigenvalue weighted by molar-refractivity contribution is 6.00. The minimum atomic E-state index is -1.26. The molecule has 0 radical (unpaired) electrons. The molecule has 12 atom stereocenters. The molecule has 14 N–H and O–H groups in total. The Labute approximate surface area is 566 Å². The van der Waals surface area contributed by atoms with E-state index in [4.69, 9.17) is 11.5 Å². The van der Waals surface area contributed by atoms with Crippen molar-refractivity contribution in [2.24, 2.45) is 35.1 Å². The van der Waals surface area contributed by atoms with Gasteiger partial charge in [-0.1, -0.05) is 143 Å². The van der Waals surface area contributed by atoms with Crippen molar-refractivity contribution in [2.75, 3.05) is 26.2 Å². The fourth-order valence-corrected chi connectivity index (χ4v) is 12.5. The van der Waals surface area contributed by atoms with Gasteiger partial charge in [-0.25, -0.2) is 0 Å². The average Bonchev–Trinajstić information content (AvgIpc) is 1.53. The Morgan fingerprint density at radius 1 is 0.375 bits per heavy atom. The van der Waals surface area contributed by atoms with Gasteiger partial charge in [0.2, 0.25) is 70.9 Å². The normalized spacial score (nSPS) is 26.6. The first-order valence-electron chi connectivity index (χ1n) is 34.8. The quantitative estimate of drug-likeness (QED) is 0.0900. The lowest BCUT2D eigenvalue weighted by atomic mass is 9.99. The highest BCUT2D eigenvalue weighted by Crippen LogP contribution is 2.24. The third-order valence-corrected chi connectivity index (χ3v) is 17.7. The highest BCUT2D eigenvalue weighted by atomic mass is 16.2. The van der Waals surface area contributed by atoms with Gasteiger partial charge in [0, 0.05) is 25.9 Å². The van der Waals surface area contributed by atoms with Crippen LogP contribution in [0.2, 0.25) is 0 Å². The summed E-state index contributed by atoms with van der Waals surface area (Å²) >= 11 is 0. The standard InChI is InChI=1S/C70H110N14O12/c1-11-23-47-61(87)81-57(43(7)8)67(93)75-49(29-19-33-71)59(85)77-52(38-42(5)6)64(90)80-54(40-46-27-17-14-18-28-46)70(96)84-36-22-32-56(84)66(92)74-48(24-12-2)62(88)82-58(44(9)10)68(94)76-50(30-20-34-72)60(86)78-51(37-41(3)4)63(89)79-53(39-45-25-15-13-16-26-45)69(95)83-35-21-31-55(83)65(91)73-47/h13-18,25-28,41-44,47-58H,11-12,19-24,29-40,71-72H2,1-10H3,(H,73,91)(H,74,92)(H,75,93)(H,76,94)(H,77,85)(H,78,86)(H,79,89)(H,80,90)(H,81,87)(H,82,88)/t47-,48-,49+,50+,51+,52+,53-,54-,55+,56+,57+,58+/m1/s1. The van der Waals surface area contributed by atoms with Crippen molar-refractivity contribution < 1.29 is 57.5 Å². The zero-order valence-corrected chi connectivity index (χ0v) is 58.1. The number of amides is 12. The van der Waals surface area contributed by atoms with Crippen molar-refractivity contribution in [1.82, 2.24) is 63.0 Å². The van der Waals surface area contributed by atoms with Gasteiger partial charge in [0.05, 0.1) is 0 Å². The predicted octanol–water partition coefficient (Wildman–Crippen LogP) is 1.80. The highest BCUT2D eigenvalue weighted by Gasteiger charge is 2.43. The van der Waals surface area contributed by atoms with Crippen LogP contribution in [0, 0.1) is 23.7 Å². The molecule has 0 saturated carbocycles. The maximum atomic E-state index is 15.0. The molecule has 5 rings (SSSR count). The number of nitrogens with zero attached hydrogens (tertiary/aromatic N) is 2. The topological polar surface area (TPSA) is 384 Å². The summed E-state index contributed by atoms with van der Waals surface area (Å²) in [7, 11) is 0. The molecule has 532 valence electrons. The third kappa shape index (κ3) is 23.7. The van der Waals surface area contributed by atoms with Gasteiger partial charge in [-0.05, 0) is 125 Å². The second-order valence-corrected chi connectivity index (χ2v) is 27.4. The van der Waals surface area contributed by atoms with Gasteiger partial charge in [-0.15, -0.1) is 0 Å². The maximum absolute atomic E-state index is 15.0. The van der Waals surface area contributed by atoms with Crippen molar-refractivity contribution >= 4 is 70.9 Å². The largest absolute Gasteiger partial charge is 0.343 e. The Bertz CT molecular complexity index is 2740. The van der Waals surface area contributed by atoms with Crippen molar-refractivity contribution in [3.63, 3.8) is 0 Å². The van der Waals surface area contributed by atoms with Gasteiger partial charge in [0.25, 0.3) is 0 Å². The number of nitrogens with two attached hydrogens (primary N) is 2. The number of carbonyl (C=O) groups is 12. The lowest BCUT2D eigenvalue weighted by molar-refractivity contribution is -0.143. The van der Waals surface area contributed by atoms with E-state index in [0.717, 1.165) is 0 Å². The molecule has 3 aliphatic rings. The zero-order valence-electron chi connectivity index (χ0n) is 58.1. The van der Waals surface area contributed by atoms with Crippen molar-refractivity contribution in [2.45, 2.75) is 244 Å². The molecule has 26 nitrogen and oxygen atoms in total. The molecular formula is C70H110N14O12. The second-order valence-electron chi connectivity index (χ2n) is 27.4. The molecule has 2 aromatic rings. The minimum Gasteiger partial charge on any atom is -0.343 e. The van der Waals surface area contributed by atoms with E-state index in [1.165, 1.54) is 9.80 Å². The summed E-state index contributed by atoms with van der Waals surface area (Å²) in [5.74, 6) is -9.62. The molecule has 3 saturated heterocycles.